The Kier molecular flexibility index (Phi) is 23.2. The minimum atomic E-state index is -1.46. The summed E-state index contributed by atoms with van der Waals surface area (Å²) in [6.45, 7) is 12.0. The van der Waals surface area contributed by atoms with Crippen molar-refractivity contribution < 1.29 is 53.4 Å². The highest BCUT2D eigenvalue weighted by Gasteiger charge is 2.33. The van der Waals surface area contributed by atoms with Crippen molar-refractivity contribution in [1.82, 2.24) is 42.5 Å². The van der Waals surface area contributed by atoms with Crippen molar-refractivity contribution in [3.63, 3.8) is 0 Å². The maximum atomic E-state index is 13.6. The van der Waals surface area contributed by atoms with Crippen LogP contribution in [0.1, 0.15) is 99.8 Å². The van der Waals surface area contributed by atoms with E-state index in [2.05, 4.69) is 47.5 Å². The first kappa shape index (κ1) is 52.5. The molecule has 1 aliphatic heterocycles. The maximum absolute atomic E-state index is 13.6. The standard InChI is InChI=1S/C38H67N11O11/c1-19(2)16-26(47-33(55)23-10-8-14-41-23)32(54)43-18-28(50)45-25(12-13-29(51)52)34(56)44-22(7)31(53)46-24(11-9-15-42-38(39)40)35(57)48-27(17-20(3)4)36(58)49-30(21(5)6)37(59)60/h19-27,30,41H,8-18H2,1-7H3,(H,43,54)(H,44,56)(H,45,50)(H,46,53)(H,47,55)(H,48,57)(H,49,58)(H,51,52)(H,59,60)(H4,39,40,42)/t22-,23-,24-,25-,26-,27-,30-/m0/s1. The summed E-state index contributed by atoms with van der Waals surface area (Å²) in [7, 11) is 0. The van der Waals surface area contributed by atoms with E-state index >= 15 is 0 Å². The number of nitrogens with one attached hydrogen (secondary N) is 8. The Labute approximate surface area is 350 Å². The molecule has 7 atom stereocenters. The Morgan fingerprint density at radius 3 is 1.75 bits per heavy atom. The minimum Gasteiger partial charge on any atom is -0.481 e. The summed E-state index contributed by atoms with van der Waals surface area (Å²) in [5.41, 5.74) is 10.8. The molecule has 0 unspecified atom stereocenters. The van der Waals surface area contributed by atoms with E-state index in [0.717, 1.165) is 6.42 Å². The molecular formula is C38H67N11O11. The predicted octanol–water partition coefficient (Wildman–Crippen LogP) is -2.47. The van der Waals surface area contributed by atoms with Gasteiger partial charge in [-0.05, 0) is 76.2 Å². The minimum absolute atomic E-state index is 0.0143. The zero-order valence-corrected chi connectivity index (χ0v) is 35.7. The summed E-state index contributed by atoms with van der Waals surface area (Å²) in [5, 5.41) is 39.5. The fourth-order valence-corrected chi connectivity index (χ4v) is 6.15. The SMILES string of the molecule is CC(C)C[C@H](NC(=O)[C@@H]1CCCN1)C(=O)NCC(=O)N[C@@H](CCC(=O)O)C(=O)N[C@@H](C)C(=O)N[C@@H](CCCN=C(N)N)C(=O)N[C@@H](CC(C)C)C(=O)N[C@H](C(=O)O)C(C)C. The summed E-state index contributed by atoms with van der Waals surface area (Å²) in [6, 6.07) is -7.88. The van der Waals surface area contributed by atoms with Crippen molar-refractivity contribution >= 4 is 59.2 Å². The van der Waals surface area contributed by atoms with Gasteiger partial charge in [-0.15, -0.1) is 0 Å². The van der Waals surface area contributed by atoms with Crippen LogP contribution in [0.5, 0.6) is 0 Å². The van der Waals surface area contributed by atoms with Gasteiger partial charge in [0.1, 0.15) is 36.3 Å². The Morgan fingerprint density at radius 1 is 0.683 bits per heavy atom. The van der Waals surface area contributed by atoms with Gasteiger partial charge in [-0.25, -0.2) is 4.79 Å². The molecule has 22 heteroatoms. The largest absolute Gasteiger partial charge is 0.481 e. The van der Waals surface area contributed by atoms with Gasteiger partial charge in [0, 0.05) is 13.0 Å². The van der Waals surface area contributed by atoms with Crippen molar-refractivity contribution in [2.24, 2.45) is 34.2 Å². The van der Waals surface area contributed by atoms with Crippen LogP contribution >= 0.6 is 0 Å². The number of hydrogen-bond donors (Lipinski definition) is 12. The van der Waals surface area contributed by atoms with Crippen LogP contribution in [0, 0.1) is 17.8 Å². The molecule has 1 fully saturated rings. The molecule has 7 amide bonds. The molecular weight excluding hydrogens is 786 g/mol. The van der Waals surface area contributed by atoms with Gasteiger partial charge in [0.15, 0.2) is 5.96 Å². The van der Waals surface area contributed by atoms with Gasteiger partial charge in [0.05, 0.1) is 12.6 Å². The number of hydrogen-bond acceptors (Lipinski definition) is 11. The number of aliphatic imine (C=N–C) groups is 1. The van der Waals surface area contributed by atoms with E-state index in [1.165, 1.54) is 6.92 Å². The maximum Gasteiger partial charge on any atom is 0.326 e. The Balaban J connectivity index is 3.10. The molecule has 0 aromatic heterocycles. The second kappa shape index (κ2) is 26.5. The molecule has 60 heavy (non-hydrogen) atoms. The topological polar surface area (TPSA) is 355 Å². The van der Waals surface area contributed by atoms with Crippen LogP contribution in [0.4, 0.5) is 0 Å². The number of guanidine groups is 1. The van der Waals surface area contributed by atoms with Gasteiger partial charge in [-0.2, -0.15) is 0 Å². The molecule has 0 saturated carbocycles. The number of aliphatic carboxylic acids is 2. The van der Waals surface area contributed by atoms with Crippen molar-refractivity contribution in [3.05, 3.63) is 0 Å². The first-order valence-electron chi connectivity index (χ1n) is 20.3. The summed E-state index contributed by atoms with van der Waals surface area (Å²) in [6.07, 6.45) is 1.08. The van der Waals surface area contributed by atoms with E-state index in [4.69, 9.17) is 11.5 Å². The van der Waals surface area contributed by atoms with Gasteiger partial charge in [0.25, 0.3) is 0 Å². The zero-order chi connectivity index (χ0) is 45.7. The van der Waals surface area contributed by atoms with Crippen LogP contribution in [-0.4, -0.2) is 131 Å². The van der Waals surface area contributed by atoms with Crippen molar-refractivity contribution in [3.8, 4) is 0 Å². The number of amides is 7. The van der Waals surface area contributed by atoms with Crippen molar-refractivity contribution in [2.75, 3.05) is 19.6 Å². The van der Waals surface area contributed by atoms with Gasteiger partial charge in [-0.3, -0.25) is 43.3 Å². The lowest BCUT2D eigenvalue weighted by Gasteiger charge is -2.27. The van der Waals surface area contributed by atoms with E-state index < -0.39 is 109 Å². The second-order valence-electron chi connectivity index (χ2n) is 16.1. The van der Waals surface area contributed by atoms with Crippen LogP contribution < -0.4 is 54.0 Å². The van der Waals surface area contributed by atoms with Gasteiger partial charge in [-0.1, -0.05) is 41.5 Å². The number of nitrogens with zero attached hydrogens (tertiary/aromatic N) is 1. The lowest BCUT2D eigenvalue weighted by atomic mass is 10.00. The van der Waals surface area contributed by atoms with Crippen LogP contribution in [0.25, 0.3) is 0 Å². The van der Waals surface area contributed by atoms with E-state index in [1.807, 2.05) is 13.8 Å². The molecule has 0 radical (unpaired) electrons. The lowest BCUT2D eigenvalue weighted by molar-refractivity contribution is -0.143. The highest BCUT2D eigenvalue weighted by molar-refractivity contribution is 5.97. The highest BCUT2D eigenvalue weighted by Crippen LogP contribution is 2.11. The Bertz CT molecular complexity index is 1530. The third kappa shape index (κ3) is 20.4. The van der Waals surface area contributed by atoms with Crippen LogP contribution in [0.2, 0.25) is 0 Å². The number of carbonyl (C=O) groups is 9. The molecule has 1 aliphatic rings. The third-order valence-corrected chi connectivity index (χ3v) is 9.34. The Hall–Kier alpha value is -5.54. The van der Waals surface area contributed by atoms with Gasteiger partial charge >= 0.3 is 11.9 Å². The number of rotatable bonds is 27. The lowest BCUT2D eigenvalue weighted by Crippen LogP contribution is -2.59. The smallest absolute Gasteiger partial charge is 0.326 e. The highest BCUT2D eigenvalue weighted by atomic mass is 16.4. The van der Waals surface area contributed by atoms with Gasteiger partial charge < -0.3 is 64.2 Å². The quantitative estimate of drug-likeness (QED) is 0.0232. The third-order valence-electron chi connectivity index (χ3n) is 9.34. The van der Waals surface area contributed by atoms with Crippen molar-refractivity contribution in [1.29, 1.82) is 0 Å². The fourth-order valence-electron chi connectivity index (χ4n) is 6.15. The van der Waals surface area contributed by atoms with E-state index in [0.29, 0.717) is 13.0 Å². The van der Waals surface area contributed by atoms with Gasteiger partial charge in [0.2, 0.25) is 41.4 Å². The molecule has 0 aromatic rings. The Morgan fingerprint density at radius 2 is 1.23 bits per heavy atom. The first-order chi connectivity index (χ1) is 28.0. The fraction of sp³-hybridized carbons (Fsp3) is 0.737. The molecule has 0 aliphatic carbocycles. The zero-order valence-electron chi connectivity index (χ0n) is 35.7. The molecule has 0 bridgehead atoms. The van der Waals surface area contributed by atoms with E-state index in [1.54, 1.807) is 27.7 Å². The van der Waals surface area contributed by atoms with Crippen LogP contribution in [0.3, 0.4) is 0 Å². The summed E-state index contributed by atoms with van der Waals surface area (Å²) >= 11 is 0. The molecule has 1 saturated heterocycles. The molecule has 1 rings (SSSR count). The number of carboxylic acids is 2. The molecule has 340 valence electrons. The predicted molar refractivity (Wildman–Crippen MR) is 219 cm³/mol. The average Bonchev–Trinajstić information content (AvgIpc) is 3.69. The second-order valence-corrected chi connectivity index (χ2v) is 16.1. The summed E-state index contributed by atoms with van der Waals surface area (Å²) in [4.78, 5) is 119. The van der Waals surface area contributed by atoms with E-state index in [-0.39, 0.29) is 62.4 Å². The average molecular weight is 854 g/mol. The number of carboxylic acid groups (broad SMARTS) is 2. The molecule has 1 heterocycles. The first-order valence-corrected chi connectivity index (χ1v) is 20.3. The number of nitrogens with two attached hydrogens (primary N) is 2. The molecule has 22 nitrogen and oxygen atoms in total. The monoisotopic (exact) mass is 854 g/mol. The van der Waals surface area contributed by atoms with Crippen LogP contribution in [-0.2, 0) is 43.2 Å². The number of carbonyl (C=O) groups excluding carboxylic acids is 7. The van der Waals surface area contributed by atoms with Crippen LogP contribution in [0.15, 0.2) is 4.99 Å². The summed E-state index contributed by atoms with van der Waals surface area (Å²) in [5.74, 6) is -8.44. The molecule has 0 spiro atoms. The van der Waals surface area contributed by atoms with E-state index in [9.17, 15) is 53.4 Å². The normalized spacial score (nSPS) is 16.6. The van der Waals surface area contributed by atoms with Crippen molar-refractivity contribution in [2.45, 2.75) is 142 Å². The molecule has 14 N–H and O–H groups in total. The summed E-state index contributed by atoms with van der Waals surface area (Å²) < 4.78 is 0. The molecule has 0 aromatic carbocycles.